The number of hydrogen-bond acceptors (Lipinski definition) is 4. The lowest BCUT2D eigenvalue weighted by Gasteiger charge is -2.32. The first-order valence-electron chi connectivity index (χ1n) is 8.02. The zero-order chi connectivity index (χ0) is 16.9. The molecule has 0 bridgehead atoms. The molecular formula is C18H20ClN3O2. The summed E-state index contributed by atoms with van der Waals surface area (Å²) in [6, 6.07) is 7.58. The summed E-state index contributed by atoms with van der Waals surface area (Å²) >= 11 is 6.06. The van der Waals surface area contributed by atoms with Gasteiger partial charge >= 0.3 is 0 Å². The van der Waals surface area contributed by atoms with Crippen molar-refractivity contribution in [1.82, 2.24) is 14.9 Å². The molecule has 1 amide bonds. The largest absolute Gasteiger partial charge is 0.375 e. The van der Waals surface area contributed by atoms with Gasteiger partial charge in [0.05, 0.1) is 17.6 Å². The number of nitrogens with zero attached hydrogens (tertiary/aromatic N) is 3. The van der Waals surface area contributed by atoms with Gasteiger partial charge in [0, 0.05) is 42.9 Å². The monoisotopic (exact) mass is 345 g/mol. The summed E-state index contributed by atoms with van der Waals surface area (Å²) in [6.07, 6.45) is 5.50. The number of carbonyl (C=O) groups excluding carboxylic acids is 1. The van der Waals surface area contributed by atoms with E-state index < -0.39 is 0 Å². The lowest BCUT2D eigenvalue weighted by Crippen LogP contribution is -2.41. The number of methoxy groups -OCH3 is 1. The van der Waals surface area contributed by atoms with E-state index in [-0.39, 0.29) is 18.4 Å². The fourth-order valence-electron chi connectivity index (χ4n) is 3.02. The summed E-state index contributed by atoms with van der Waals surface area (Å²) in [6.45, 7) is 1.57. The number of benzene rings is 1. The molecule has 1 saturated heterocycles. The summed E-state index contributed by atoms with van der Waals surface area (Å²) in [5.74, 6) is 0.229. The van der Waals surface area contributed by atoms with E-state index in [4.69, 9.17) is 21.3 Å². The van der Waals surface area contributed by atoms with Crippen LogP contribution in [0, 0.1) is 0 Å². The Hall–Kier alpha value is -1.98. The predicted molar refractivity (Wildman–Crippen MR) is 92.9 cm³/mol. The van der Waals surface area contributed by atoms with Crippen LogP contribution in [-0.2, 0) is 9.53 Å². The summed E-state index contributed by atoms with van der Waals surface area (Å²) in [7, 11) is 1.54. The number of piperidine rings is 1. The molecule has 1 aromatic carbocycles. The van der Waals surface area contributed by atoms with Crippen molar-refractivity contribution in [3.8, 4) is 11.3 Å². The van der Waals surface area contributed by atoms with Crippen LogP contribution in [0.4, 0.5) is 0 Å². The highest BCUT2D eigenvalue weighted by atomic mass is 35.5. The maximum Gasteiger partial charge on any atom is 0.248 e. The third kappa shape index (κ3) is 3.91. The fraction of sp³-hybridized carbons (Fsp3) is 0.389. The number of likely N-dealkylation sites (tertiary alicyclic amines) is 1. The molecule has 1 aromatic heterocycles. The lowest BCUT2D eigenvalue weighted by molar-refractivity contribution is -0.136. The van der Waals surface area contributed by atoms with Crippen LogP contribution < -0.4 is 0 Å². The minimum atomic E-state index is 0.0288. The zero-order valence-corrected chi connectivity index (χ0v) is 14.4. The first-order valence-corrected chi connectivity index (χ1v) is 8.40. The van der Waals surface area contributed by atoms with Crippen molar-refractivity contribution in [2.75, 3.05) is 26.8 Å². The number of amides is 1. The topological polar surface area (TPSA) is 55.3 Å². The Balaban J connectivity index is 1.79. The molecule has 1 fully saturated rings. The first kappa shape index (κ1) is 16.9. The minimum absolute atomic E-state index is 0.0288. The molecular weight excluding hydrogens is 326 g/mol. The molecule has 24 heavy (non-hydrogen) atoms. The Morgan fingerprint density at radius 2 is 2.29 bits per heavy atom. The fourth-order valence-corrected chi connectivity index (χ4v) is 3.21. The summed E-state index contributed by atoms with van der Waals surface area (Å²) < 4.78 is 4.95. The average molecular weight is 346 g/mol. The predicted octanol–water partition coefficient (Wildman–Crippen LogP) is 3.15. The number of aromatic nitrogens is 2. The van der Waals surface area contributed by atoms with Crippen molar-refractivity contribution in [2.45, 2.75) is 18.8 Å². The van der Waals surface area contributed by atoms with Gasteiger partial charge in [0.2, 0.25) is 5.91 Å². The van der Waals surface area contributed by atoms with Crippen LogP contribution in [0.2, 0.25) is 5.02 Å². The van der Waals surface area contributed by atoms with E-state index in [2.05, 4.69) is 4.98 Å². The van der Waals surface area contributed by atoms with E-state index in [0.29, 0.717) is 11.6 Å². The number of carbonyl (C=O) groups is 1. The van der Waals surface area contributed by atoms with Gasteiger partial charge in [0.25, 0.3) is 0 Å². The van der Waals surface area contributed by atoms with E-state index >= 15 is 0 Å². The van der Waals surface area contributed by atoms with Crippen molar-refractivity contribution in [3.05, 3.63) is 47.4 Å². The molecule has 2 heterocycles. The second kappa shape index (κ2) is 7.73. The van der Waals surface area contributed by atoms with Gasteiger partial charge in [-0.2, -0.15) is 0 Å². The van der Waals surface area contributed by atoms with Crippen LogP contribution in [0.1, 0.15) is 24.5 Å². The van der Waals surface area contributed by atoms with Crippen LogP contribution in [0.5, 0.6) is 0 Å². The second-order valence-electron chi connectivity index (χ2n) is 5.95. The number of rotatable bonds is 4. The highest BCUT2D eigenvalue weighted by Crippen LogP contribution is 2.27. The maximum atomic E-state index is 12.1. The van der Waals surface area contributed by atoms with Crippen molar-refractivity contribution >= 4 is 17.5 Å². The van der Waals surface area contributed by atoms with E-state index in [1.165, 1.54) is 0 Å². The highest BCUT2D eigenvalue weighted by molar-refractivity contribution is 6.30. The van der Waals surface area contributed by atoms with Crippen molar-refractivity contribution < 1.29 is 9.53 Å². The van der Waals surface area contributed by atoms with E-state index in [9.17, 15) is 4.79 Å². The van der Waals surface area contributed by atoms with Crippen molar-refractivity contribution in [2.24, 2.45) is 0 Å². The Bertz CT molecular complexity index is 723. The first-order chi connectivity index (χ1) is 11.7. The Morgan fingerprint density at radius 3 is 3.08 bits per heavy atom. The SMILES string of the molecule is COCC(=O)N1CCC[C@@H](c2cncc(-c3cccc(Cl)c3)n2)C1. The molecule has 6 heteroatoms. The van der Waals surface area contributed by atoms with Gasteiger partial charge in [-0.1, -0.05) is 23.7 Å². The third-order valence-electron chi connectivity index (χ3n) is 4.23. The van der Waals surface area contributed by atoms with Crippen LogP contribution in [0.3, 0.4) is 0 Å². The summed E-state index contributed by atoms with van der Waals surface area (Å²) in [5.41, 5.74) is 2.66. The molecule has 3 rings (SSSR count). The Labute approximate surface area is 146 Å². The van der Waals surface area contributed by atoms with Crippen LogP contribution in [0.25, 0.3) is 11.3 Å². The molecule has 0 radical (unpaired) electrons. The smallest absolute Gasteiger partial charge is 0.248 e. The van der Waals surface area contributed by atoms with Crippen molar-refractivity contribution in [1.29, 1.82) is 0 Å². The van der Waals surface area contributed by atoms with Crippen LogP contribution >= 0.6 is 11.6 Å². The Morgan fingerprint density at radius 1 is 1.42 bits per heavy atom. The van der Waals surface area contributed by atoms with Crippen molar-refractivity contribution in [3.63, 3.8) is 0 Å². The van der Waals surface area contributed by atoms with Gasteiger partial charge in [-0.3, -0.25) is 9.78 Å². The molecule has 0 unspecified atom stereocenters. The number of hydrogen-bond donors (Lipinski definition) is 0. The third-order valence-corrected chi connectivity index (χ3v) is 4.47. The zero-order valence-electron chi connectivity index (χ0n) is 13.6. The van der Waals surface area contributed by atoms with Gasteiger partial charge in [0.1, 0.15) is 6.61 Å². The molecule has 5 nitrogen and oxygen atoms in total. The maximum absolute atomic E-state index is 12.1. The van der Waals surface area contributed by atoms with Crippen LogP contribution in [-0.4, -0.2) is 47.6 Å². The molecule has 0 aliphatic carbocycles. The minimum Gasteiger partial charge on any atom is -0.375 e. The van der Waals surface area contributed by atoms with E-state index in [0.717, 1.165) is 36.3 Å². The quantitative estimate of drug-likeness (QED) is 0.854. The van der Waals surface area contributed by atoms with E-state index in [1.54, 1.807) is 19.5 Å². The molecule has 0 saturated carbocycles. The molecule has 2 aromatic rings. The van der Waals surface area contributed by atoms with Gasteiger partial charge in [-0.05, 0) is 25.0 Å². The average Bonchev–Trinajstić information content (AvgIpc) is 2.62. The van der Waals surface area contributed by atoms with Gasteiger partial charge in [0.15, 0.2) is 0 Å². The standard InChI is InChI=1S/C18H20ClN3O2/c1-24-12-18(23)22-7-3-5-14(11-22)17-10-20-9-16(21-17)13-4-2-6-15(19)8-13/h2,4,6,8-10,14H,3,5,7,11-12H2,1H3/t14-/m1/s1. The molecule has 1 aliphatic heterocycles. The lowest BCUT2D eigenvalue weighted by atomic mass is 9.94. The van der Waals surface area contributed by atoms with Gasteiger partial charge < -0.3 is 9.64 Å². The molecule has 0 spiro atoms. The summed E-state index contributed by atoms with van der Waals surface area (Å²) in [4.78, 5) is 23.0. The second-order valence-corrected chi connectivity index (χ2v) is 6.39. The van der Waals surface area contributed by atoms with Crippen LogP contribution in [0.15, 0.2) is 36.7 Å². The summed E-state index contributed by atoms with van der Waals surface area (Å²) in [5, 5.41) is 0.675. The molecule has 126 valence electrons. The molecule has 1 atom stereocenters. The number of ether oxygens (including phenoxy) is 1. The highest BCUT2D eigenvalue weighted by Gasteiger charge is 2.25. The molecule has 0 N–H and O–H groups in total. The Kier molecular flexibility index (Phi) is 5.43. The van der Waals surface area contributed by atoms with E-state index in [1.807, 2.05) is 29.2 Å². The van der Waals surface area contributed by atoms with Gasteiger partial charge in [-0.25, -0.2) is 4.98 Å². The normalized spacial score (nSPS) is 17.8. The molecule has 1 aliphatic rings. The van der Waals surface area contributed by atoms with Gasteiger partial charge in [-0.15, -0.1) is 0 Å². The number of halogens is 1.